The van der Waals surface area contributed by atoms with Crippen molar-refractivity contribution in [2.45, 2.75) is 11.8 Å². The molecule has 1 atom stereocenters. The van der Waals surface area contributed by atoms with E-state index in [0.717, 1.165) is 12.1 Å². The maximum absolute atomic E-state index is 13.8. The van der Waals surface area contributed by atoms with E-state index in [2.05, 4.69) is 5.32 Å². The molecule has 1 unspecified atom stereocenters. The van der Waals surface area contributed by atoms with Crippen LogP contribution in [-0.4, -0.2) is 37.1 Å². The Bertz CT molecular complexity index is 659. The van der Waals surface area contributed by atoms with Crippen LogP contribution in [0.2, 0.25) is 0 Å². The molecule has 1 aromatic carbocycles. The fourth-order valence-electron chi connectivity index (χ4n) is 1.47. The lowest BCUT2D eigenvalue weighted by Crippen LogP contribution is -2.29. The molecule has 0 aliphatic heterocycles. The number of primary sulfonamides is 1. The molecule has 9 heteroatoms. The number of sulfonamides is 1. The number of carbonyl (C=O) groups is 1. The number of nitrogens with one attached hydrogen (secondary N) is 1. The van der Waals surface area contributed by atoms with Gasteiger partial charge >= 0.3 is 0 Å². The number of carbonyl (C=O) groups excluding carboxylic acids is 1. The van der Waals surface area contributed by atoms with Gasteiger partial charge in [-0.3, -0.25) is 9.00 Å². The lowest BCUT2D eigenvalue weighted by atomic mass is 10.1. The summed E-state index contributed by atoms with van der Waals surface area (Å²) in [6, 6.07) is 1.94. The van der Waals surface area contributed by atoms with E-state index < -0.39 is 38.1 Å². The topological polar surface area (TPSA) is 106 Å². The van der Waals surface area contributed by atoms with Gasteiger partial charge in [0.15, 0.2) is 0 Å². The lowest BCUT2D eigenvalue weighted by molar-refractivity contribution is 0.0951. The molecule has 6 nitrogen and oxygen atoms in total. The predicted molar refractivity (Wildman–Crippen MR) is 73.8 cm³/mol. The highest BCUT2D eigenvalue weighted by Crippen LogP contribution is 2.18. The normalized spacial score (nSPS) is 13.0. The van der Waals surface area contributed by atoms with Crippen molar-refractivity contribution in [3.8, 4) is 0 Å². The van der Waals surface area contributed by atoms with Crippen LogP contribution in [0.4, 0.5) is 4.39 Å². The molecule has 20 heavy (non-hydrogen) atoms. The van der Waals surface area contributed by atoms with Crippen molar-refractivity contribution in [3.63, 3.8) is 0 Å². The highest BCUT2D eigenvalue weighted by atomic mass is 32.2. The van der Waals surface area contributed by atoms with E-state index in [1.807, 2.05) is 0 Å². The molecule has 1 rings (SSSR count). The first-order chi connectivity index (χ1) is 9.12. The van der Waals surface area contributed by atoms with Gasteiger partial charge in [0, 0.05) is 29.4 Å². The van der Waals surface area contributed by atoms with Gasteiger partial charge in [0.2, 0.25) is 10.0 Å². The second-order valence-corrected chi connectivity index (χ2v) is 7.30. The first-order valence-corrected chi connectivity index (χ1v) is 8.81. The van der Waals surface area contributed by atoms with E-state index in [-0.39, 0.29) is 22.8 Å². The van der Waals surface area contributed by atoms with Crippen LogP contribution in [0.5, 0.6) is 0 Å². The van der Waals surface area contributed by atoms with Crippen LogP contribution >= 0.6 is 0 Å². The van der Waals surface area contributed by atoms with Crippen LogP contribution in [0, 0.1) is 12.7 Å². The summed E-state index contributed by atoms with van der Waals surface area (Å²) in [5.74, 6) is -1.37. The van der Waals surface area contributed by atoms with Gasteiger partial charge < -0.3 is 5.32 Å². The third-order valence-corrected chi connectivity index (χ3v) is 4.15. The van der Waals surface area contributed by atoms with Crippen molar-refractivity contribution < 1.29 is 21.8 Å². The first-order valence-electron chi connectivity index (χ1n) is 5.54. The van der Waals surface area contributed by atoms with Crippen LogP contribution < -0.4 is 10.5 Å². The number of halogens is 1. The van der Waals surface area contributed by atoms with Crippen LogP contribution in [-0.2, 0) is 20.8 Å². The molecule has 112 valence electrons. The molecular formula is C11H15FN2O4S2. The van der Waals surface area contributed by atoms with E-state index in [4.69, 9.17) is 5.14 Å². The van der Waals surface area contributed by atoms with Crippen molar-refractivity contribution in [1.29, 1.82) is 0 Å². The second-order valence-electron chi connectivity index (χ2n) is 4.18. The highest BCUT2D eigenvalue weighted by Gasteiger charge is 2.19. The molecule has 0 saturated heterocycles. The summed E-state index contributed by atoms with van der Waals surface area (Å²) in [5.41, 5.74) is -0.406. The Morgan fingerprint density at radius 3 is 2.55 bits per heavy atom. The third-order valence-electron chi connectivity index (χ3n) is 2.48. The molecule has 3 N–H and O–H groups in total. The zero-order chi connectivity index (χ0) is 15.5. The Morgan fingerprint density at radius 1 is 1.45 bits per heavy atom. The third kappa shape index (κ3) is 4.36. The summed E-state index contributed by atoms with van der Waals surface area (Å²) in [5, 5.41) is 7.33. The Morgan fingerprint density at radius 2 is 2.05 bits per heavy atom. The van der Waals surface area contributed by atoms with Crippen molar-refractivity contribution >= 4 is 26.7 Å². The average molecular weight is 322 g/mol. The van der Waals surface area contributed by atoms with Gasteiger partial charge in [0.1, 0.15) is 5.82 Å². The Balaban J connectivity index is 3.08. The van der Waals surface area contributed by atoms with Gasteiger partial charge in [-0.05, 0) is 24.6 Å². The molecule has 0 aliphatic rings. The van der Waals surface area contributed by atoms with E-state index in [0.29, 0.717) is 0 Å². The average Bonchev–Trinajstić information content (AvgIpc) is 2.30. The Hall–Kier alpha value is -1.32. The molecule has 0 spiro atoms. The number of hydrogen-bond acceptors (Lipinski definition) is 4. The van der Waals surface area contributed by atoms with E-state index in [1.165, 1.54) is 13.2 Å². The first kappa shape index (κ1) is 16.7. The Labute approximate surface area is 119 Å². The summed E-state index contributed by atoms with van der Waals surface area (Å²) in [6.07, 6.45) is 1.47. The molecule has 0 radical (unpaired) electrons. The SMILES string of the molecule is Cc1cc(S(N)(=O)=O)cc(C(=O)NCCS(C)=O)c1F. The molecule has 1 amide bonds. The number of aryl methyl sites for hydroxylation is 1. The van der Waals surface area contributed by atoms with Gasteiger partial charge in [0.25, 0.3) is 5.91 Å². The zero-order valence-electron chi connectivity index (χ0n) is 11.0. The minimum Gasteiger partial charge on any atom is -0.351 e. The van der Waals surface area contributed by atoms with Gasteiger partial charge in [-0.1, -0.05) is 0 Å². The summed E-state index contributed by atoms with van der Waals surface area (Å²) in [7, 11) is -5.12. The summed E-state index contributed by atoms with van der Waals surface area (Å²) >= 11 is 0. The number of nitrogens with two attached hydrogens (primary N) is 1. The van der Waals surface area contributed by atoms with Crippen molar-refractivity contribution in [1.82, 2.24) is 5.32 Å². The Kier molecular flexibility index (Phi) is 5.37. The van der Waals surface area contributed by atoms with Gasteiger partial charge in [0.05, 0.1) is 10.5 Å². The van der Waals surface area contributed by atoms with Crippen molar-refractivity contribution in [2.24, 2.45) is 5.14 Å². The monoisotopic (exact) mass is 322 g/mol. The highest BCUT2D eigenvalue weighted by molar-refractivity contribution is 7.89. The molecular weight excluding hydrogens is 307 g/mol. The van der Waals surface area contributed by atoms with Gasteiger partial charge in [-0.2, -0.15) is 0 Å². The van der Waals surface area contributed by atoms with Gasteiger partial charge in [-0.15, -0.1) is 0 Å². The molecule has 0 aliphatic carbocycles. The molecule has 0 fully saturated rings. The van der Waals surface area contributed by atoms with E-state index in [9.17, 15) is 21.8 Å². The van der Waals surface area contributed by atoms with Crippen LogP contribution in [0.3, 0.4) is 0 Å². The number of benzene rings is 1. The largest absolute Gasteiger partial charge is 0.351 e. The maximum Gasteiger partial charge on any atom is 0.254 e. The summed E-state index contributed by atoms with van der Waals surface area (Å²) < 4.78 is 47.2. The molecule has 1 aromatic rings. The zero-order valence-corrected chi connectivity index (χ0v) is 12.6. The second kappa shape index (κ2) is 6.42. The summed E-state index contributed by atoms with van der Waals surface area (Å²) in [4.78, 5) is 11.5. The standard InChI is InChI=1S/C11H15FN2O4S2/c1-7-5-8(20(13,17)18)6-9(10(7)12)11(15)14-3-4-19(2)16/h5-6H,3-4H2,1-2H3,(H,14,15)(H2,13,17,18). The van der Waals surface area contributed by atoms with E-state index >= 15 is 0 Å². The number of hydrogen-bond donors (Lipinski definition) is 2. The number of rotatable bonds is 5. The van der Waals surface area contributed by atoms with Gasteiger partial charge in [-0.25, -0.2) is 17.9 Å². The smallest absolute Gasteiger partial charge is 0.254 e. The van der Waals surface area contributed by atoms with Crippen LogP contribution in [0.1, 0.15) is 15.9 Å². The minimum atomic E-state index is -4.03. The molecule has 0 bridgehead atoms. The van der Waals surface area contributed by atoms with Crippen molar-refractivity contribution in [3.05, 3.63) is 29.1 Å². The number of amides is 1. The van der Waals surface area contributed by atoms with Crippen molar-refractivity contribution in [2.75, 3.05) is 18.6 Å². The summed E-state index contributed by atoms with van der Waals surface area (Å²) in [6.45, 7) is 1.43. The molecule has 0 heterocycles. The maximum atomic E-state index is 13.8. The molecule has 0 saturated carbocycles. The fourth-order valence-corrected chi connectivity index (χ4v) is 2.48. The predicted octanol–water partition coefficient (Wildman–Crippen LogP) is -0.110. The van der Waals surface area contributed by atoms with Crippen LogP contribution in [0.15, 0.2) is 17.0 Å². The quantitative estimate of drug-likeness (QED) is 0.789. The van der Waals surface area contributed by atoms with Crippen LogP contribution in [0.25, 0.3) is 0 Å². The minimum absolute atomic E-state index is 0.000688. The molecule has 0 aromatic heterocycles. The fraction of sp³-hybridized carbons (Fsp3) is 0.364. The lowest BCUT2D eigenvalue weighted by Gasteiger charge is -2.09. The van der Waals surface area contributed by atoms with E-state index in [1.54, 1.807) is 0 Å².